The largest absolute Gasteiger partial charge is 0.271 e. The maximum Gasteiger partial charge on any atom is 0.0592 e. The Labute approximate surface area is 129 Å². The minimum Gasteiger partial charge on any atom is -0.271 e. The van der Waals surface area contributed by atoms with Gasteiger partial charge in [-0.3, -0.25) is 11.3 Å². The topological polar surface area (TPSA) is 38.0 Å². The number of nitrogens with one attached hydrogen (secondary N) is 1. The van der Waals surface area contributed by atoms with E-state index in [1.807, 2.05) is 0 Å². The Morgan fingerprint density at radius 2 is 1.95 bits per heavy atom. The van der Waals surface area contributed by atoms with Gasteiger partial charge in [0.05, 0.1) is 6.04 Å². The van der Waals surface area contributed by atoms with E-state index in [0.717, 1.165) is 5.92 Å². The van der Waals surface area contributed by atoms with Crippen molar-refractivity contribution < 1.29 is 0 Å². The third kappa shape index (κ3) is 3.60. The molecule has 1 fully saturated rings. The molecule has 0 saturated heterocycles. The fourth-order valence-corrected chi connectivity index (χ4v) is 5.04. The molecule has 0 bridgehead atoms. The van der Waals surface area contributed by atoms with Gasteiger partial charge in [-0.1, -0.05) is 20.8 Å². The second kappa shape index (κ2) is 6.25. The molecule has 0 radical (unpaired) electrons. The van der Waals surface area contributed by atoms with Crippen molar-refractivity contribution >= 4 is 27.3 Å². The summed E-state index contributed by atoms with van der Waals surface area (Å²) in [4.78, 5) is 1.35. The van der Waals surface area contributed by atoms with Crippen molar-refractivity contribution in [3.05, 3.63) is 20.8 Å². The summed E-state index contributed by atoms with van der Waals surface area (Å²) in [5, 5.41) is 2.13. The minimum absolute atomic E-state index is 0.301. The van der Waals surface area contributed by atoms with E-state index in [0.29, 0.717) is 17.4 Å². The molecule has 1 aromatic heterocycles. The number of rotatable bonds is 3. The molecule has 1 saturated carbocycles. The van der Waals surface area contributed by atoms with E-state index in [4.69, 9.17) is 5.84 Å². The van der Waals surface area contributed by atoms with Crippen LogP contribution in [0.25, 0.3) is 0 Å². The molecule has 19 heavy (non-hydrogen) atoms. The quantitative estimate of drug-likeness (QED) is 0.606. The van der Waals surface area contributed by atoms with Crippen molar-refractivity contribution in [2.45, 2.75) is 52.5 Å². The molecule has 1 aliphatic rings. The van der Waals surface area contributed by atoms with Gasteiger partial charge in [0, 0.05) is 9.35 Å². The van der Waals surface area contributed by atoms with Gasteiger partial charge in [0.25, 0.3) is 0 Å². The third-order valence-corrected chi connectivity index (χ3v) is 6.53. The smallest absolute Gasteiger partial charge is 0.0592 e. The lowest BCUT2D eigenvalue weighted by Gasteiger charge is -2.39. The molecule has 1 heterocycles. The molecule has 4 heteroatoms. The van der Waals surface area contributed by atoms with Crippen molar-refractivity contribution in [2.24, 2.45) is 23.1 Å². The average Bonchev–Trinajstić information content (AvgIpc) is 2.76. The van der Waals surface area contributed by atoms with Crippen LogP contribution in [0, 0.1) is 17.3 Å². The van der Waals surface area contributed by atoms with Crippen LogP contribution in [-0.4, -0.2) is 0 Å². The zero-order valence-electron chi connectivity index (χ0n) is 12.1. The second-order valence-corrected chi connectivity index (χ2v) is 8.56. The fraction of sp³-hybridized carbons (Fsp3) is 0.733. The predicted octanol–water partition coefficient (Wildman–Crippen LogP) is 4.87. The molecule has 1 aromatic rings. The van der Waals surface area contributed by atoms with Gasteiger partial charge in [-0.05, 0) is 70.3 Å². The number of hydrogen-bond donors (Lipinski definition) is 2. The van der Waals surface area contributed by atoms with Gasteiger partial charge in [0.1, 0.15) is 0 Å². The molecule has 108 valence electrons. The zero-order valence-corrected chi connectivity index (χ0v) is 14.5. The molecule has 0 aliphatic heterocycles. The van der Waals surface area contributed by atoms with Crippen molar-refractivity contribution in [2.75, 3.05) is 0 Å². The Hall–Kier alpha value is 0.100. The molecule has 1 unspecified atom stereocenters. The van der Waals surface area contributed by atoms with Crippen molar-refractivity contribution in [3.63, 3.8) is 0 Å². The van der Waals surface area contributed by atoms with Crippen molar-refractivity contribution in [1.82, 2.24) is 5.43 Å². The maximum atomic E-state index is 5.82. The van der Waals surface area contributed by atoms with Crippen LogP contribution < -0.4 is 11.3 Å². The molecule has 2 nitrogen and oxygen atoms in total. The normalized spacial score (nSPS) is 26.4. The zero-order chi connectivity index (χ0) is 14.0. The first-order chi connectivity index (χ1) is 8.93. The second-order valence-electron chi connectivity index (χ2n) is 6.75. The Balaban J connectivity index is 2.02. The molecule has 0 spiro atoms. The van der Waals surface area contributed by atoms with E-state index in [1.54, 1.807) is 11.3 Å². The number of thiophene rings is 1. The van der Waals surface area contributed by atoms with Crippen LogP contribution in [0.5, 0.6) is 0 Å². The summed E-state index contributed by atoms with van der Waals surface area (Å²) in [7, 11) is 0. The Kier molecular flexibility index (Phi) is 5.09. The highest BCUT2D eigenvalue weighted by Gasteiger charge is 2.33. The molecule has 2 rings (SSSR count). The van der Waals surface area contributed by atoms with Gasteiger partial charge in [-0.25, -0.2) is 0 Å². The van der Waals surface area contributed by atoms with Crippen molar-refractivity contribution in [1.29, 1.82) is 0 Å². The maximum absolute atomic E-state index is 5.82. The monoisotopic (exact) mass is 344 g/mol. The molecular weight excluding hydrogens is 320 g/mol. The van der Waals surface area contributed by atoms with Crippen LogP contribution in [0.1, 0.15) is 57.4 Å². The molecule has 3 N–H and O–H groups in total. The van der Waals surface area contributed by atoms with Crippen LogP contribution in [0.4, 0.5) is 0 Å². The average molecular weight is 345 g/mol. The number of nitrogens with two attached hydrogens (primary N) is 1. The third-order valence-electron chi connectivity index (χ3n) is 4.57. The highest BCUT2D eigenvalue weighted by molar-refractivity contribution is 9.10. The fourth-order valence-electron chi connectivity index (χ4n) is 3.27. The number of hydrogen-bond acceptors (Lipinski definition) is 3. The lowest BCUT2D eigenvalue weighted by molar-refractivity contribution is 0.133. The number of halogens is 1. The van der Waals surface area contributed by atoms with E-state index in [1.165, 1.54) is 35.0 Å². The Bertz CT molecular complexity index is 403. The summed E-state index contributed by atoms with van der Waals surface area (Å²) in [5.41, 5.74) is 3.49. The van der Waals surface area contributed by atoms with E-state index < -0.39 is 0 Å². The van der Waals surface area contributed by atoms with E-state index in [-0.39, 0.29) is 0 Å². The van der Waals surface area contributed by atoms with Crippen LogP contribution in [0.15, 0.2) is 15.9 Å². The first-order valence-corrected chi connectivity index (χ1v) is 8.79. The Morgan fingerprint density at radius 1 is 1.32 bits per heavy atom. The molecule has 0 amide bonds. The lowest BCUT2D eigenvalue weighted by atomic mass is 9.68. The minimum atomic E-state index is 0.301. The van der Waals surface area contributed by atoms with Crippen molar-refractivity contribution in [3.8, 4) is 0 Å². The lowest BCUT2D eigenvalue weighted by Crippen LogP contribution is -2.36. The van der Waals surface area contributed by atoms with Crippen LogP contribution >= 0.6 is 27.3 Å². The summed E-state index contributed by atoms with van der Waals surface area (Å²) in [5.74, 6) is 7.34. The predicted molar refractivity (Wildman–Crippen MR) is 87.0 cm³/mol. The van der Waals surface area contributed by atoms with E-state index in [2.05, 4.69) is 53.6 Å². The van der Waals surface area contributed by atoms with Gasteiger partial charge < -0.3 is 0 Å². The SMILES string of the molecule is CC(C)(C)C1CCC(C(NN)c2sccc2Br)CC1. The highest BCUT2D eigenvalue weighted by atomic mass is 79.9. The van der Waals surface area contributed by atoms with Crippen LogP contribution in [0.2, 0.25) is 0 Å². The molecule has 1 atom stereocenters. The van der Waals surface area contributed by atoms with Gasteiger partial charge in [-0.2, -0.15) is 0 Å². The number of hydrazine groups is 1. The standard InChI is InChI=1S/C15H25BrN2S/c1-15(2,3)11-6-4-10(5-7-11)13(18-17)14-12(16)8-9-19-14/h8-11,13,18H,4-7,17H2,1-3H3. The van der Waals surface area contributed by atoms with Gasteiger partial charge in [-0.15, -0.1) is 11.3 Å². The first kappa shape index (κ1) is 15.5. The van der Waals surface area contributed by atoms with Crippen LogP contribution in [-0.2, 0) is 0 Å². The Morgan fingerprint density at radius 3 is 2.37 bits per heavy atom. The summed E-state index contributed by atoms with van der Waals surface area (Å²) < 4.78 is 1.19. The van der Waals surface area contributed by atoms with Gasteiger partial charge >= 0.3 is 0 Å². The van der Waals surface area contributed by atoms with E-state index in [9.17, 15) is 0 Å². The van der Waals surface area contributed by atoms with Crippen LogP contribution in [0.3, 0.4) is 0 Å². The summed E-state index contributed by atoms with van der Waals surface area (Å²) >= 11 is 5.43. The van der Waals surface area contributed by atoms with E-state index >= 15 is 0 Å². The molecular formula is C15H25BrN2S. The summed E-state index contributed by atoms with van der Waals surface area (Å²) in [6.45, 7) is 7.10. The summed E-state index contributed by atoms with van der Waals surface area (Å²) in [6, 6.07) is 2.42. The summed E-state index contributed by atoms with van der Waals surface area (Å²) in [6.07, 6.45) is 5.22. The van der Waals surface area contributed by atoms with Gasteiger partial charge in [0.15, 0.2) is 0 Å². The molecule has 1 aliphatic carbocycles. The van der Waals surface area contributed by atoms with Gasteiger partial charge in [0.2, 0.25) is 0 Å². The first-order valence-electron chi connectivity index (χ1n) is 7.12. The highest BCUT2D eigenvalue weighted by Crippen LogP contribution is 2.45. The molecule has 0 aromatic carbocycles.